The molecule has 1 heterocycles. The highest BCUT2D eigenvalue weighted by molar-refractivity contribution is 6.31. The molecule has 2 nitrogen and oxygen atoms in total. The van der Waals surface area contributed by atoms with E-state index >= 15 is 0 Å². The molecule has 21 heavy (non-hydrogen) atoms. The normalized spacial score (nSPS) is 10.8. The van der Waals surface area contributed by atoms with Crippen LogP contribution < -0.4 is 5.32 Å². The summed E-state index contributed by atoms with van der Waals surface area (Å²) in [6.45, 7) is 2.75. The number of halogens is 2. The number of pyridine rings is 1. The third-order valence-corrected chi connectivity index (χ3v) is 3.60. The standard InChI is InChI=1S/C17H14ClFN2/c1-2-20-15-10-14(11-6-4-3-5-7-11)21-17-12(15)8-9-13(18)16(17)19/h3-10H,2H2,1H3,(H,20,21). The molecule has 0 saturated carbocycles. The quantitative estimate of drug-likeness (QED) is 0.725. The van der Waals surface area contributed by atoms with Crippen LogP contribution in [0.15, 0.2) is 48.5 Å². The van der Waals surface area contributed by atoms with Crippen LogP contribution in [0, 0.1) is 5.82 Å². The van der Waals surface area contributed by atoms with Crippen LogP contribution in [0.3, 0.4) is 0 Å². The van der Waals surface area contributed by atoms with Gasteiger partial charge in [0.1, 0.15) is 5.52 Å². The zero-order chi connectivity index (χ0) is 14.8. The van der Waals surface area contributed by atoms with E-state index in [0.717, 1.165) is 28.9 Å². The summed E-state index contributed by atoms with van der Waals surface area (Å²) in [5.41, 5.74) is 2.81. The molecule has 0 fully saturated rings. The first-order valence-corrected chi connectivity index (χ1v) is 7.16. The Kier molecular flexibility index (Phi) is 3.76. The van der Waals surface area contributed by atoms with Crippen LogP contribution in [0.25, 0.3) is 22.2 Å². The van der Waals surface area contributed by atoms with Crippen molar-refractivity contribution in [1.82, 2.24) is 4.98 Å². The molecule has 2 aromatic carbocycles. The first-order chi connectivity index (χ1) is 10.2. The van der Waals surface area contributed by atoms with Gasteiger partial charge in [0.05, 0.1) is 10.7 Å². The van der Waals surface area contributed by atoms with E-state index < -0.39 is 5.82 Å². The minimum atomic E-state index is -0.480. The predicted molar refractivity (Wildman–Crippen MR) is 86.3 cm³/mol. The van der Waals surface area contributed by atoms with Crippen molar-refractivity contribution >= 4 is 28.2 Å². The number of nitrogens with one attached hydrogen (secondary N) is 1. The van der Waals surface area contributed by atoms with Crippen molar-refractivity contribution in [1.29, 1.82) is 0 Å². The number of nitrogens with zero attached hydrogens (tertiary/aromatic N) is 1. The fourth-order valence-corrected chi connectivity index (χ4v) is 2.48. The van der Waals surface area contributed by atoms with Gasteiger partial charge in [-0.3, -0.25) is 0 Å². The van der Waals surface area contributed by atoms with E-state index in [1.165, 1.54) is 0 Å². The second-order valence-corrected chi connectivity index (χ2v) is 5.12. The molecule has 0 unspecified atom stereocenters. The summed E-state index contributed by atoms with van der Waals surface area (Å²) in [5, 5.41) is 4.08. The summed E-state index contributed by atoms with van der Waals surface area (Å²) in [7, 11) is 0. The molecule has 0 aliphatic rings. The van der Waals surface area contributed by atoms with E-state index in [-0.39, 0.29) is 5.02 Å². The third-order valence-electron chi connectivity index (χ3n) is 3.31. The van der Waals surface area contributed by atoms with Gasteiger partial charge >= 0.3 is 0 Å². The molecule has 0 saturated heterocycles. The fraction of sp³-hybridized carbons (Fsp3) is 0.118. The van der Waals surface area contributed by atoms with Crippen LogP contribution in [0.2, 0.25) is 5.02 Å². The topological polar surface area (TPSA) is 24.9 Å². The van der Waals surface area contributed by atoms with Crippen molar-refractivity contribution in [3.63, 3.8) is 0 Å². The van der Waals surface area contributed by atoms with Crippen LogP contribution in [0.4, 0.5) is 10.1 Å². The highest BCUT2D eigenvalue weighted by Gasteiger charge is 2.13. The van der Waals surface area contributed by atoms with Crippen LogP contribution in [0.1, 0.15) is 6.92 Å². The Bertz CT molecular complexity index is 788. The Morgan fingerprint density at radius 1 is 1.14 bits per heavy atom. The van der Waals surface area contributed by atoms with Gasteiger partial charge in [0.15, 0.2) is 5.82 Å². The summed E-state index contributed by atoms with van der Waals surface area (Å²) in [4.78, 5) is 4.45. The van der Waals surface area contributed by atoms with Crippen molar-refractivity contribution in [3.8, 4) is 11.3 Å². The number of hydrogen-bond acceptors (Lipinski definition) is 2. The third kappa shape index (κ3) is 2.57. The van der Waals surface area contributed by atoms with Gasteiger partial charge in [-0.25, -0.2) is 9.37 Å². The summed E-state index contributed by atoms with van der Waals surface area (Å²) < 4.78 is 14.3. The van der Waals surface area contributed by atoms with Gasteiger partial charge in [-0.05, 0) is 25.1 Å². The van der Waals surface area contributed by atoms with Crippen LogP contribution in [-0.4, -0.2) is 11.5 Å². The van der Waals surface area contributed by atoms with Crippen molar-refractivity contribution in [2.45, 2.75) is 6.92 Å². The monoisotopic (exact) mass is 300 g/mol. The maximum absolute atomic E-state index is 14.3. The first-order valence-electron chi connectivity index (χ1n) is 6.78. The number of benzene rings is 2. The lowest BCUT2D eigenvalue weighted by Crippen LogP contribution is -2.00. The molecule has 3 aromatic rings. The average molecular weight is 301 g/mol. The minimum absolute atomic E-state index is 0.0858. The molecule has 3 rings (SSSR count). The van der Waals surface area contributed by atoms with Gasteiger partial charge in [-0.2, -0.15) is 0 Å². The molecule has 0 atom stereocenters. The van der Waals surface area contributed by atoms with Crippen molar-refractivity contribution < 1.29 is 4.39 Å². The summed E-state index contributed by atoms with van der Waals surface area (Å²) in [6, 6.07) is 15.0. The lowest BCUT2D eigenvalue weighted by Gasteiger charge is -2.12. The maximum Gasteiger partial charge on any atom is 0.168 e. The van der Waals surface area contributed by atoms with Gasteiger partial charge in [0.2, 0.25) is 0 Å². The molecule has 106 valence electrons. The van der Waals surface area contributed by atoms with Crippen LogP contribution in [0.5, 0.6) is 0 Å². The van der Waals surface area contributed by atoms with Crippen molar-refractivity contribution in [3.05, 3.63) is 59.4 Å². The van der Waals surface area contributed by atoms with Crippen LogP contribution >= 0.6 is 11.6 Å². The summed E-state index contributed by atoms with van der Waals surface area (Å²) >= 11 is 5.88. The molecular weight excluding hydrogens is 287 g/mol. The van der Waals surface area contributed by atoms with Gasteiger partial charge in [0.25, 0.3) is 0 Å². The van der Waals surface area contributed by atoms with Gasteiger partial charge in [0, 0.05) is 23.2 Å². The smallest absolute Gasteiger partial charge is 0.168 e. The highest BCUT2D eigenvalue weighted by atomic mass is 35.5. The minimum Gasteiger partial charge on any atom is -0.385 e. The Morgan fingerprint density at radius 2 is 1.90 bits per heavy atom. The number of anilines is 1. The Hall–Kier alpha value is -2.13. The Balaban J connectivity index is 2.30. The van der Waals surface area contributed by atoms with Gasteiger partial charge in [-0.1, -0.05) is 41.9 Å². The second-order valence-electron chi connectivity index (χ2n) is 4.71. The summed E-state index contributed by atoms with van der Waals surface area (Å²) in [6.07, 6.45) is 0. The largest absolute Gasteiger partial charge is 0.385 e. The molecule has 0 amide bonds. The number of fused-ring (bicyclic) bond motifs is 1. The zero-order valence-corrected chi connectivity index (χ0v) is 12.3. The molecule has 1 N–H and O–H groups in total. The second kappa shape index (κ2) is 5.70. The van der Waals surface area contributed by atoms with E-state index in [1.807, 2.05) is 43.3 Å². The average Bonchev–Trinajstić information content (AvgIpc) is 2.52. The number of rotatable bonds is 3. The lowest BCUT2D eigenvalue weighted by molar-refractivity contribution is 0.637. The van der Waals surface area contributed by atoms with Crippen molar-refractivity contribution in [2.24, 2.45) is 0 Å². The van der Waals surface area contributed by atoms with E-state index in [4.69, 9.17) is 11.6 Å². The molecule has 1 aromatic heterocycles. The van der Waals surface area contributed by atoms with E-state index in [2.05, 4.69) is 10.3 Å². The lowest BCUT2D eigenvalue weighted by atomic mass is 10.1. The Morgan fingerprint density at radius 3 is 2.62 bits per heavy atom. The highest BCUT2D eigenvalue weighted by Crippen LogP contribution is 2.32. The van der Waals surface area contributed by atoms with Crippen molar-refractivity contribution in [2.75, 3.05) is 11.9 Å². The molecule has 0 aliphatic carbocycles. The molecule has 0 radical (unpaired) electrons. The predicted octanol–water partition coefficient (Wildman–Crippen LogP) is 5.13. The fourth-order valence-electron chi connectivity index (χ4n) is 2.33. The van der Waals surface area contributed by atoms with Gasteiger partial charge < -0.3 is 5.32 Å². The molecule has 0 bridgehead atoms. The molecule has 0 spiro atoms. The number of hydrogen-bond donors (Lipinski definition) is 1. The number of aromatic nitrogens is 1. The van der Waals surface area contributed by atoms with E-state index in [1.54, 1.807) is 12.1 Å². The molecule has 0 aliphatic heterocycles. The Labute approximate surface area is 127 Å². The van der Waals surface area contributed by atoms with Crippen LogP contribution in [-0.2, 0) is 0 Å². The molecular formula is C17H14ClFN2. The van der Waals surface area contributed by atoms with Gasteiger partial charge in [-0.15, -0.1) is 0 Å². The molecule has 4 heteroatoms. The summed E-state index contributed by atoms with van der Waals surface area (Å²) in [5.74, 6) is -0.480. The first kappa shape index (κ1) is 13.8. The van der Waals surface area contributed by atoms with E-state index in [0.29, 0.717) is 5.52 Å². The maximum atomic E-state index is 14.3. The zero-order valence-electron chi connectivity index (χ0n) is 11.5. The van der Waals surface area contributed by atoms with E-state index in [9.17, 15) is 4.39 Å². The SMILES string of the molecule is CCNc1cc(-c2ccccc2)nc2c(F)c(Cl)ccc12.